The summed E-state index contributed by atoms with van der Waals surface area (Å²) in [5, 5.41) is 9.43. The molecule has 1 N–H and O–H groups in total. The number of hydrogen-bond acceptors (Lipinski definition) is 6. The molecule has 0 spiro atoms. The first-order chi connectivity index (χ1) is 12.2. The highest BCUT2D eigenvalue weighted by atomic mass is 16.3. The Kier molecular flexibility index (Phi) is 6.07. The molecule has 1 aromatic rings. The Morgan fingerprint density at radius 2 is 1.92 bits per heavy atom. The number of piperidine rings is 1. The smallest absolute Gasteiger partial charge is 0.242 e. The van der Waals surface area contributed by atoms with Crippen molar-refractivity contribution in [3.8, 4) is 0 Å². The monoisotopic (exact) mass is 347 g/mol. The van der Waals surface area contributed by atoms with E-state index in [0.29, 0.717) is 12.5 Å². The largest absolute Gasteiger partial charge is 0.396 e. The molecule has 7 nitrogen and oxygen atoms in total. The van der Waals surface area contributed by atoms with Crippen molar-refractivity contribution < 1.29 is 9.90 Å². The van der Waals surface area contributed by atoms with Crippen LogP contribution in [-0.4, -0.2) is 71.8 Å². The van der Waals surface area contributed by atoms with Crippen LogP contribution in [0.4, 0.5) is 11.6 Å². The van der Waals surface area contributed by atoms with Crippen LogP contribution in [0.15, 0.2) is 12.4 Å². The minimum absolute atomic E-state index is 0.179. The van der Waals surface area contributed by atoms with Gasteiger partial charge in [0.25, 0.3) is 0 Å². The molecule has 1 unspecified atom stereocenters. The lowest BCUT2D eigenvalue weighted by molar-refractivity contribution is -0.129. The lowest BCUT2D eigenvalue weighted by atomic mass is 9.99. The Hall–Kier alpha value is -1.89. The van der Waals surface area contributed by atoms with E-state index in [9.17, 15) is 9.90 Å². The summed E-state index contributed by atoms with van der Waals surface area (Å²) < 4.78 is 0. The van der Waals surface area contributed by atoms with Crippen molar-refractivity contribution in [1.29, 1.82) is 0 Å². The molecule has 25 heavy (non-hydrogen) atoms. The second-order valence-electron chi connectivity index (χ2n) is 7.03. The van der Waals surface area contributed by atoms with Crippen molar-refractivity contribution in [2.45, 2.75) is 32.6 Å². The summed E-state index contributed by atoms with van der Waals surface area (Å²) in [6.45, 7) is 6.99. The summed E-state index contributed by atoms with van der Waals surface area (Å²) in [5.41, 5.74) is 0. The Balaban J connectivity index is 1.71. The summed E-state index contributed by atoms with van der Waals surface area (Å²) >= 11 is 0. The summed E-state index contributed by atoms with van der Waals surface area (Å²) in [4.78, 5) is 27.5. The van der Waals surface area contributed by atoms with Crippen LogP contribution in [-0.2, 0) is 4.79 Å². The van der Waals surface area contributed by atoms with Crippen LogP contribution >= 0.6 is 0 Å². The molecular weight excluding hydrogens is 318 g/mol. The molecule has 1 atom stereocenters. The number of aromatic nitrogens is 2. The van der Waals surface area contributed by atoms with Gasteiger partial charge in [-0.15, -0.1) is 0 Å². The SMILES string of the molecule is CCCN1CCCN(c2cc(N3CCCC(CO)C3)ncn2)CC1=O. The van der Waals surface area contributed by atoms with E-state index in [2.05, 4.69) is 26.7 Å². The highest BCUT2D eigenvalue weighted by Crippen LogP contribution is 2.24. The molecule has 1 aromatic heterocycles. The van der Waals surface area contributed by atoms with Crippen molar-refractivity contribution in [2.24, 2.45) is 5.92 Å². The van der Waals surface area contributed by atoms with E-state index in [4.69, 9.17) is 0 Å². The predicted molar refractivity (Wildman–Crippen MR) is 97.8 cm³/mol. The Labute approximate surface area is 149 Å². The first-order valence-electron chi connectivity index (χ1n) is 9.41. The standard InChI is InChI=1S/C18H29N5O2/c1-2-6-21-8-4-9-23(12-18(21)25)17-10-16(19-14-20-17)22-7-3-5-15(11-22)13-24/h10,14-15,24H,2-9,11-13H2,1H3. The third kappa shape index (κ3) is 4.39. The predicted octanol–water partition coefficient (Wildman–Crippen LogP) is 1.13. The van der Waals surface area contributed by atoms with E-state index in [0.717, 1.165) is 70.0 Å². The number of amides is 1. The van der Waals surface area contributed by atoms with Crippen molar-refractivity contribution in [3.63, 3.8) is 0 Å². The molecule has 0 bridgehead atoms. The van der Waals surface area contributed by atoms with Gasteiger partial charge in [0.15, 0.2) is 0 Å². The topological polar surface area (TPSA) is 72.8 Å². The molecule has 2 aliphatic rings. The van der Waals surface area contributed by atoms with Gasteiger partial charge in [-0.3, -0.25) is 4.79 Å². The van der Waals surface area contributed by atoms with Crippen LogP contribution in [0.25, 0.3) is 0 Å². The van der Waals surface area contributed by atoms with Gasteiger partial charge in [0, 0.05) is 45.4 Å². The van der Waals surface area contributed by atoms with E-state index in [1.54, 1.807) is 6.33 Å². The van der Waals surface area contributed by atoms with Gasteiger partial charge in [-0.1, -0.05) is 6.92 Å². The molecule has 7 heteroatoms. The fourth-order valence-electron chi connectivity index (χ4n) is 3.73. The number of hydrogen-bond donors (Lipinski definition) is 1. The fraction of sp³-hybridized carbons (Fsp3) is 0.722. The van der Waals surface area contributed by atoms with Gasteiger partial charge in [-0.05, 0) is 31.6 Å². The number of carbonyl (C=O) groups is 1. The van der Waals surface area contributed by atoms with E-state index in [1.807, 2.05) is 11.0 Å². The van der Waals surface area contributed by atoms with Gasteiger partial charge in [0.05, 0.1) is 6.54 Å². The lowest BCUT2D eigenvalue weighted by Gasteiger charge is -2.33. The maximum Gasteiger partial charge on any atom is 0.242 e. The van der Waals surface area contributed by atoms with Crippen LogP contribution in [0.3, 0.4) is 0 Å². The van der Waals surface area contributed by atoms with E-state index in [1.165, 1.54) is 0 Å². The van der Waals surface area contributed by atoms with E-state index >= 15 is 0 Å². The molecule has 0 saturated carbocycles. The Bertz CT molecular complexity index is 582. The van der Waals surface area contributed by atoms with Crippen molar-refractivity contribution in [3.05, 3.63) is 12.4 Å². The van der Waals surface area contributed by atoms with Gasteiger partial charge in [0.1, 0.15) is 18.0 Å². The molecule has 3 rings (SSSR count). The highest BCUT2D eigenvalue weighted by molar-refractivity contribution is 5.81. The van der Waals surface area contributed by atoms with Crippen LogP contribution < -0.4 is 9.80 Å². The zero-order chi connectivity index (χ0) is 17.6. The average molecular weight is 347 g/mol. The molecule has 2 aliphatic heterocycles. The summed E-state index contributed by atoms with van der Waals surface area (Å²) in [7, 11) is 0. The number of rotatable bonds is 5. The second-order valence-corrected chi connectivity index (χ2v) is 7.03. The molecule has 0 radical (unpaired) electrons. The second kappa shape index (κ2) is 8.47. The van der Waals surface area contributed by atoms with E-state index < -0.39 is 0 Å². The minimum Gasteiger partial charge on any atom is -0.396 e. The number of carbonyl (C=O) groups excluding carboxylic acids is 1. The molecule has 2 saturated heterocycles. The van der Waals surface area contributed by atoms with Crippen LogP contribution in [0.1, 0.15) is 32.6 Å². The highest BCUT2D eigenvalue weighted by Gasteiger charge is 2.24. The number of nitrogens with zero attached hydrogens (tertiary/aromatic N) is 5. The first-order valence-corrected chi connectivity index (χ1v) is 9.41. The maximum atomic E-state index is 12.5. The molecule has 0 aliphatic carbocycles. The Morgan fingerprint density at radius 1 is 1.16 bits per heavy atom. The van der Waals surface area contributed by atoms with Gasteiger partial charge in [-0.25, -0.2) is 9.97 Å². The van der Waals surface area contributed by atoms with Gasteiger partial charge in [0.2, 0.25) is 5.91 Å². The van der Waals surface area contributed by atoms with Crippen LogP contribution in [0.5, 0.6) is 0 Å². The molecule has 3 heterocycles. The zero-order valence-corrected chi connectivity index (χ0v) is 15.1. The summed E-state index contributed by atoms with van der Waals surface area (Å²) in [5.74, 6) is 2.21. The zero-order valence-electron chi connectivity index (χ0n) is 15.1. The molecule has 1 amide bonds. The number of aliphatic hydroxyl groups is 1. The summed E-state index contributed by atoms with van der Waals surface area (Å²) in [6.07, 6.45) is 5.68. The van der Waals surface area contributed by atoms with Crippen molar-refractivity contribution >= 4 is 17.5 Å². The molecule has 138 valence electrons. The normalized spacial score (nSPS) is 22.2. The minimum atomic E-state index is 0.179. The van der Waals surface area contributed by atoms with Crippen molar-refractivity contribution in [2.75, 3.05) is 55.7 Å². The number of anilines is 2. The number of aliphatic hydroxyl groups excluding tert-OH is 1. The fourth-order valence-corrected chi connectivity index (χ4v) is 3.73. The van der Waals surface area contributed by atoms with Crippen molar-refractivity contribution in [1.82, 2.24) is 14.9 Å². The van der Waals surface area contributed by atoms with Crippen LogP contribution in [0, 0.1) is 5.92 Å². The average Bonchev–Trinajstić information content (AvgIpc) is 2.84. The Morgan fingerprint density at radius 3 is 2.68 bits per heavy atom. The third-order valence-corrected chi connectivity index (χ3v) is 5.09. The quantitative estimate of drug-likeness (QED) is 0.861. The molecule has 0 aromatic carbocycles. The molecule has 2 fully saturated rings. The van der Waals surface area contributed by atoms with E-state index in [-0.39, 0.29) is 12.5 Å². The van der Waals surface area contributed by atoms with Gasteiger partial charge >= 0.3 is 0 Å². The van der Waals surface area contributed by atoms with Gasteiger partial charge < -0.3 is 19.8 Å². The molecular formula is C18H29N5O2. The lowest BCUT2D eigenvalue weighted by Crippen LogP contribution is -2.38. The maximum absolute atomic E-state index is 12.5. The van der Waals surface area contributed by atoms with Gasteiger partial charge in [-0.2, -0.15) is 0 Å². The van der Waals surface area contributed by atoms with Crippen LogP contribution in [0.2, 0.25) is 0 Å². The summed E-state index contributed by atoms with van der Waals surface area (Å²) in [6, 6.07) is 1.99. The third-order valence-electron chi connectivity index (χ3n) is 5.09. The first kappa shape index (κ1) is 17.9.